The zero-order valence-electron chi connectivity index (χ0n) is 12.2. The van der Waals surface area contributed by atoms with Gasteiger partial charge in [-0.1, -0.05) is 67.3 Å². The Labute approximate surface area is 137 Å². The van der Waals surface area contributed by atoms with Gasteiger partial charge in [-0.2, -0.15) is 0 Å². The first-order valence-electron chi connectivity index (χ1n) is 5.68. The van der Waals surface area contributed by atoms with Gasteiger partial charge in [0.1, 0.15) is 0 Å². The predicted octanol–water partition coefficient (Wildman–Crippen LogP) is 3.27. The van der Waals surface area contributed by atoms with Crippen LogP contribution in [0.1, 0.15) is 0 Å². The summed E-state index contributed by atoms with van der Waals surface area (Å²) in [6.07, 6.45) is 0. The van der Waals surface area contributed by atoms with Gasteiger partial charge in [0.2, 0.25) is 0 Å². The monoisotopic (exact) mass is 336 g/mol. The molecule has 0 heterocycles. The van der Waals surface area contributed by atoms with E-state index in [9.17, 15) is 0 Å². The number of hydrogen-bond donors (Lipinski definition) is 0. The molecule has 0 amide bonds. The molecular weight excluding hydrogens is 320 g/mol. The molecule has 0 saturated carbocycles. The summed E-state index contributed by atoms with van der Waals surface area (Å²) < 4.78 is 22.5. The summed E-state index contributed by atoms with van der Waals surface area (Å²) in [6.45, 7) is 20.7. The first kappa shape index (κ1) is 24.7. The molecule has 0 aromatic heterocycles. The zero-order valence-corrected chi connectivity index (χ0v) is 14.4. The Bertz CT molecular complexity index is 569. The Hall–Kier alpha value is -1.33. The second-order valence-electron chi connectivity index (χ2n) is 4.81. The minimum absolute atomic E-state index is 0. The first-order valence-corrected chi connectivity index (χ1v) is 9.18. The molecule has 2 aromatic carbocycles. The van der Waals surface area contributed by atoms with Crippen LogP contribution in [-0.4, -0.2) is 8.07 Å². The molecule has 0 spiro atoms. The van der Waals surface area contributed by atoms with Crippen LogP contribution in [0.15, 0.2) is 42.5 Å². The van der Waals surface area contributed by atoms with Crippen molar-refractivity contribution in [3.05, 3.63) is 62.4 Å². The third-order valence-electron chi connectivity index (χ3n) is 2.62. The molecule has 0 bridgehead atoms. The van der Waals surface area contributed by atoms with Gasteiger partial charge in [0.05, 0.1) is 8.07 Å². The third kappa shape index (κ3) is 8.52. The Kier molecular flexibility index (Phi) is 16.0. The summed E-state index contributed by atoms with van der Waals surface area (Å²) in [6, 6.07) is 15.4. The van der Waals surface area contributed by atoms with Crippen LogP contribution in [0.2, 0.25) is 19.6 Å². The van der Waals surface area contributed by atoms with E-state index in [4.69, 9.17) is 14.0 Å². The van der Waals surface area contributed by atoms with E-state index in [1.807, 2.05) is 0 Å². The number of benzene rings is 2. The molecule has 5 heteroatoms. The Balaban J connectivity index is -0.000000414. The van der Waals surface area contributed by atoms with Gasteiger partial charge >= 0.3 is 33.9 Å². The van der Waals surface area contributed by atoms with Gasteiger partial charge in [-0.05, 0) is 10.8 Å². The molecule has 0 radical (unpaired) electrons. The van der Waals surface area contributed by atoms with E-state index in [-0.39, 0.29) is 17.4 Å². The van der Waals surface area contributed by atoms with E-state index in [2.05, 4.69) is 82.1 Å². The number of fused-ring (bicyclic) bond motifs is 1. The molecule has 0 aliphatic heterocycles. The van der Waals surface area contributed by atoms with Crippen LogP contribution in [0, 0.1) is 20.0 Å². The Morgan fingerprint density at radius 3 is 1.57 bits per heavy atom. The second-order valence-corrected chi connectivity index (χ2v) is 9.89. The molecule has 0 aliphatic carbocycles. The van der Waals surface area contributed by atoms with Crippen LogP contribution in [0.25, 0.3) is 10.8 Å². The minimum Gasteiger partial charge on any atom is 0 e. The van der Waals surface area contributed by atoms with E-state index in [0.29, 0.717) is 0 Å². The molecule has 2 aromatic rings. The molecule has 0 fully saturated rings. The molecule has 0 aliphatic rings. The summed E-state index contributed by atoms with van der Waals surface area (Å²) >= 11 is 0. The smallest absolute Gasteiger partial charge is 0 e. The summed E-state index contributed by atoms with van der Waals surface area (Å²) in [7, 11) is -1.15. The van der Waals surface area contributed by atoms with Gasteiger partial charge in [-0.3, -0.25) is 0 Å². The van der Waals surface area contributed by atoms with E-state index in [1.165, 1.54) is 16.0 Å². The van der Waals surface area contributed by atoms with Gasteiger partial charge in [-0.25, -0.2) is 0 Å². The molecular formula is C16H16CrO3Si. The fourth-order valence-electron chi connectivity index (χ4n) is 1.66. The second kappa shape index (κ2) is 13.6. The average molecular weight is 336 g/mol. The molecule has 0 saturated heterocycles. The molecule has 0 atom stereocenters. The van der Waals surface area contributed by atoms with Crippen molar-refractivity contribution >= 4 is 24.0 Å². The zero-order chi connectivity index (χ0) is 16.2. The summed E-state index contributed by atoms with van der Waals surface area (Å²) in [4.78, 5) is 0. The van der Waals surface area contributed by atoms with E-state index >= 15 is 0 Å². The van der Waals surface area contributed by atoms with Crippen molar-refractivity contribution in [2.45, 2.75) is 19.6 Å². The van der Waals surface area contributed by atoms with Crippen molar-refractivity contribution in [1.29, 1.82) is 0 Å². The van der Waals surface area contributed by atoms with E-state index in [1.54, 1.807) is 0 Å². The maximum atomic E-state index is 7.50. The largest absolute Gasteiger partial charge is 0 e. The topological polar surface area (TPSA) is 59.7 Å². The Morgan fingerprint density at radius 1 is 0.714 bits per heavy atom. The standard InChI is InChI=1S/C13H16Si.3CO.Cr/c1-14(2,3)13-9-8-11-6-4-5-7-12(11)10-13;3*1-2;/h4-10H,1-3H3;;;;. The van der Waals surface area contributed by atoms with Gasteiger partial charge in [0.15, 0.2) is 0 Å². The number of rotatable bonds is 1. The first-order chi connectivity index (χ1) is 9.57. The minimum atomic E-state index is -1.15. The molecule has 108 valence electrons. The van der Waals surface area contributed by atoms with Crippen LogP contribution in [0.5, 0.6) is 0 Å². The molecule has 0 N–H and O–H groups in total. The fraction of sp³-hybridized carbons (Fsp3) is 0.188. The predicted molar refractivity (Wildman–Crippen MR) is 78.7 cm³/mol. The van der Waals surface area contributed by atoms with Crippen LogP contribution in [0.4, 0.5) is 0 Å². The van der Waals surface area contributed by atoms with Crippen molar-refractivity contribution in [1.82, 2.24) is 0 Å². The van der Waals surface area contributed by atoms with E-state index in [0.717, 1.165) is 0 Å². The van der Waals surface area contributed by atoms with Crippen LogP contribution in [-0.2, 0) is 31.3 Å². The molecule has 3 nitrogen and oxygen atoms in total. The molecule has 2 rings (SSSR count). The van der Waals surface area contributed by atoms with Crippen molar-refractivity contribution in [3.8, 4) is 0 Å². The molecule has 0 unspecified atom stereocenters. The van der Waals surface area contributed by atoms with Crippen molar-refractivity contribution in [2.24, 2.45) is 0 Å². The summed E-state index contributed by atoms with van der Waals surface area (Å²) in [5.74, 6) is 0. The Morgan fingerprint density at radius 2 is 1.14 bits per heavy atom. The quantitative estimate of drug-likeness (QED) is 0.436. The van der Waals surface area contributed by atoms with Crippen molar-refractivity contribution < 1.29 is 31.3 Å². The van der Waals surface area contributed by atoms with Gasteiger partial charge in [-0.15, -0.1) is 0 Å². The summed E-state index contributed by atoms with van der Waals surface area (Å²) in [5, 5.41) is 4.25. The maximum absolute atomic E-state index is 7.50. The maximum Gasteiger partial charge on any atom is 0 e. The van der Waals surface area contributed by atoms with Crippen LogP contribution in [0.3, 0.4) is 0 Å². The van der Waals surface area contributed by atoms with Gasteiger partial charge in [0.25, 0.3) is 0 Å². The fourth-order valence-corrected chi connectivity index (χ4v) is 2.83. The average Bonchev–Trinajstić information content (AvgIpc) is 2.52. The van der Waals surface area contributed by atoms with Gasteiger partial charge in [0, 0.05) is 17.4 Å². The number of hydrogen-bond acceptors (Lipinski definition) is 0. The SMILES string of the molecule is C[Si](C)(C)c1ccc2ccccc2c1.[C-]#[O+].[C-]#[O+].[C-]#[O+].[Cr]. The van der Waals surface area contributed by atoms with Gasteiger partial charge < -0.3 is 0 Å². The normalized spacial score (nSPS) is 8.24. The van der Waals surface area contributed by atoms with Crippen LogP contribution >= 0.6 is 0 Å². The third-order valence-corrected chi connectivity index (χ3v) is 4.66. The molecule has 21 heavy (non-hydrogen) atoms. The van der Waals surface area contributed by atoms with Crippen molar-refractivity contribution in [2.75, 3.05) is 0 Å². The van der Waals surface area contributed by atoms with E-state index < -0.39 is 8.07 Å². The van der Waals surface area contributed by atoms with Crippen LogP contribution < -0.4 is 5.19 Å². The van der Waals surface area contributed by atoms with Crippen molar-refractivity contribution in [3.63, 3.8) is 0 Å². The summed E-state index contributed by atoms with van der Waals surface area (Å²) in [5.41, 5.74) is 0.